The molecule has 0 fully saturated rings. The summed E-state index contributed by atoms with van der Waals surface area (Å²) < 4.78 is 36.9. The summed E-state index contributed by atoms with van der Waals surface area (Å²) in [6, 6.07) is 3.57. The quantitative estimate of drug-likeness (QED) is 0.714. The van der Waals surface area contributed by atoms with E-state index in [1.807, 2.05) is 0 Å². The van der Waals surface area contributed by atoms with E-state index in [9.17, 15) is 18.0 Å². The van der Waals surface area contributed by atoms with Crippen LogP contribution < -0.4 is 0 Å². The van der Waals surface area contributed by atoms with Crippen LogP contribution in [0.25, 0.3) is 5.73 Å². The van der Waals surface area contributed by atoms with Gasteiger partial charge in [0, 0.05) is 0 Å². The molecule has 0 aliphatic carbocycles. The Morgan fingerprint density at radius 1 is 1.40 bits per heavy atom. The Bertz CT molecular complexity index is 349. The third kappa shape index (κ3) is 3.06. The van der Waals surface area contributed by atoms with E-state index in [2.05, 4.69) is 0 Å². The maximum absolute atomic E-state index is 12.3. The lowest BCUT2D eigenvalue weighted by Gasteiger charge is -2.18. The Labute approximate surface area is 84.9 Å². The van der Waals surface area contributed by atoms with Crippen molar-refractivity contribution in [2.75, 3.05) is 0 Å². The first-order valence-corrected chi connectivity index (χ1v) is 4.27. The highest BCUT2D eigenvalue weighted by molar-refractivity contribution is 5.52. The average molecular weight is 216 g/mol. The Kier molecular flexibility index (Phi) is 3.47. The van der Waals surface area contributed by atoms with Crippen molar-refractivity contribution in [3.8, 4) is 0 Å². The molecule has 5 heteroatoms. The van der Waals surface area contributed by atoms with Gasteiger partial charge in [0.2, 0.25) is 0 Å². The predicted octanol–water partition coefficient (Wildman–Crippen LogP) is 3.39. The van der Waals surface area contributed by atoms with Gasteiger partial charge in [-0.15, -0.1) is 6.04 Å². The highest BCUT2D eigenvalue weighted by Gasteiger charge is 2.30. The summed E-state index contributed by atoms with van der Waals surface area (Å²) in [4.78, 5) is 10.1. The fourth-order valence-corrected chi connectivity index (χ4v) is 1.16. The molecule has 0 saturated carbocycles. The van der Waals surface area contributed by atoms with Crippen molar-refractivity contribution in [3.63, 3.8) is 0 Å². The Hall–Kier alpha value is -1.36. The number of alkyl halides is 3. The van der Waals surface area contributed by atoms with Gasteiger partial charge in [-0.3, -0.25) is 0 Å². The Morgan fingerprint density at radius 3 is 2.60 bits per heavy atom. The smallest absolute Gasteiger partial charge is 0.416 e. The summed E-state index contributed by atoms with van der Waals surface area (Å²) in [5, 5.41) is 0. The molecule has 1 atom stereocenters. The first-order chi connectivity index (χ1) is 6.95. The number of rotatable bonds is 3. The average Bonchev–Trinajstić information content (AvgIpc) is 2.17. The van der Waals surface area contributed by atoms with Crippen molar-refractivity contribution in [2.45, 2.75) is 18.6 Å². The molecule has 82 valence electrons. The number of halogens is 3. The lowest BCUT2D eigenvalue weighted by Crippen LogP contribution is -2.06. The van der Waals surface area contributed by atoms with Crippen LogP contribution in [0.2, 0.25) is 0 Å². The van der Waals surface area contributed by atoms with Crippen LogP contribution in [-0.2, 0) is 11.0 Å². The summed E-state index contributed by atoms with van der Waals surface area (Å²) in [6.45, 7) is 0. The van der Waals surface area contributed by atoms with E-state index in [0.717, 1.165) is 12.1 Å². The van der Waals surface area contributed by atoms with Crippen molar-refractivity contribution < 1.29 is 18.0 Å². The zero-order valence-corrected chi connectivity index (χ0v) is 7.71. The standard InChI is InChI=1S/C10H9F3NO/c11-10(12,13)8-3-1-2-7(6-8)9(14)4-5-15/h1-3,5-6,9,14H,4H2/q-1/t9-/m0/s1. The highest BCUT2D eigenvalue weighted by Crippen LogP contribution is 2.31. The second-order valence-corrected chi connectivity index (χ2v) is 3.08. The van der Waals surface area contributed by atoms with Crippen molar-refractivity contribution >= 4 is 6.29 Å². The zero-order chi connectivity index (χ0) is 11.5. The molecule has 1 aromatic rings. The molecule has 15 heavy (non-hydrogen) atoms. The minimum atomic E-state index is -4.41. The predicted molar refractivity (Wildman–Crippen MR) is 49.2 cm³/mol. The molecule has 2 nitrogen and oxygen atoms in total. The van der Waals surface area contributed by atoms with Crippen LogP contribution in [0.4, 0.5) is 13.2 Å². The first-order valence-electron chi connectivity index (χ1n) is 4.27. The van der Waals surface area contributed by atoms with Gasteiger partial charge in [-0.05, 0) is 12.5 Å². The minimum absolute atomic E-state index is 0.0959. The third-order valence-electron chi connectivity index (χ3n) is 1.95. The van der Waals surface area contributed by atoms with E-state index < -0.39 is 17.8 Å². The summed E-state index contributed by atoms with van der Waals surface area (Å²) in [7, 11) is 0. The van der Waals surface area contributed by atoms with Gasteiger partial charge in [0.1, 0.15) is 6.29 Å². The molecule has 0 aliphatic rings. The first kappa shape index (κ1) is 11.7. The Balaban J connectivity index is 2.97. The fraction of sp³-hybridized carbons (Fsp3) is 0.300. The fourth-order valence-electron chi connectivity index (χ4n) is 1.16. The van der Waals surface area contributed by atoms with Crippen molar-refractivity contribution in [1.29, 1.82) is 0 Å². The lowest BCUT2D eigenvalue weighted by atomic mass is 10.0. The molecule has 0 radical (unpaired) electrons. The number of hydrogen-bond acceptors (Lipinski definition) is 1. The summed E-state index contributed by atoms with van der Waals surface area (Å²) in [5.41, 5.74) is 6.83. The van der Waals surface area contributed by atoms with E-state index in [0.29, 0.717) is 6.29 Å². The van der Waals surface area contributed by atoms with Crippen molar-refractivity contribution in [1.82, 2.24) is 0 Å². The van der Waals surface area contributed by atoms with Crippen LogP contribution in [0, 0.1) is 0 Å². The highest BCUT2D eigenvalue weighted by atomic mass is 19.4. The van der Waals surface area contributed by atoms with Gasteiger partial charge in [0.15, 0.2) is 0 Å². The minimum Gasteiger partial charge on any atom is -0.671 e. The molecule has 0 saturated heterocycles. The molecule has 0 bridgehead atoms. The van der Waals surface area contributed by atoms with E-state index in [1.54, 1.807) is 0 Å². The van der Waals surface area contributed by atoms with Gasteiger partial charge in [0.25, 0.3) is 0 Å². The summed E-state index contributed by atoms with van der Waals surface area (Å²) in [5.74, 6) is 0. The topological polar surface area (TPSA) is 40.9 Å². The third-order valence-corrected chi connectivity index (χ3v) is 1.95. The number of carbonyl (C=O) groups is 1. The number of nitrogens with one attached hydrogen (secondary N) is 1. The molecule has 0 heterocycles. The van der Waals surface area contributed by atoms with E-state index in [4.69, 9.17) is 5.73 Å². The van der Waals surface area contributed by atoms with Crippen LogP contribution in [0.5, 0.6) is 0 Å². The molecule has 1 aromatic carbocycles. The SMILES string of the molecule is [NH-][C@@H](CC=O)c1cccc(C(F)(F)F)c1. The maximum Gasteiger partial charge on any atom is 0.416 e. The van der Waals surface area contributed by atoms with Crippen molar-refractivity contribution in [2.24, 2.45) is 0 Å². The van der Waals surface area contributed by atoms with Crippen LogP contribution in [0.3, 0.4) is 0 Å². The number of aldehydes is 1. The number of benzene rings is 1. The van der Waals surface area contributed by atoms with E-state index in [-0.39, 0.29) is 12.0 Å². The van der Waals surface area contributed by atoms with Gasteiger partial charge >= 0.3 is 6.18 Å². The molecular formula is C10H9F3NO-. The van der Waals surface area contributed by atoms with Crippen LogP contribution in [-0.4, -0.2) is 6.29 Å². The van der Waals surface area contributed by atoms with Crippen LogP contribution in [0.15, 0.2) is 24.3 Å². The molecule has 1 rings (SSSR count). The molecule has 1 N–H and O–H groups in total. The maximum atomic E-state index is 12.3. The molecule has 0 spiro atoms. The second-order valence-electron chi connectivity index (χ2n) is 3.08. The number of carbonyl (C=O) groups excluding carboxylic acids is 1. The second kappa shape index (κ2) is 4.44. The molecule has 0 amide bonds. The molecule has 0 aromatic heterocycles. The molecule has 0 aliphatic heterocycles. The van der Waals surface area contributed by atoms with Crippen molar-refractivity contribution in [3.05, 3.63) is 41.1 Å². The molecular weight excluding hydrogens is 207 g/mol. The monoisotopic (exact) mass is 216 g/mol. The normalized spacial score (nSPS) is 13.6. The van der Waals surface area contributed by atoms with E-state index >= 15 is 0 Å². The summed E-state index contributed by atoms with van der Waals surface area (Å²) >= 11 is 0. The zero-order valence-electron chi connectivity index (χ0n) is 7.71. The van der Waals surface area contributed by atoms with Gasteiger partial charge in [0.05, 0.1) is 5.56 Å². The Morgan fingerprint density at radius 2 is 2.07 bits per heavy atom. The van der Waals surface area contributed by atoms with Gasteiger partial charge in [-0.25, -0.2) is 0 Å². The van der Waals surface area contributed by atoms with Crippen LogP contribution >= 0.6 is 0 Å². The summed E-state index contributed by atoms with van der Waals surface area (Å²) in [6.07, 6.45) is -3.98. The lowest BCUT2D eigenvalue weighted by molar-refractivity contribution is -0.137. The van der Waals surface area contributed by atoms with Gasteiger partial charge in [-0.2, -0.15) is 13.2 Å². The number of hydrogen-bond donors (Lipinski definition) is 0. The largest absolute Gasteiger partial charge is 0.671 e. The van der Waals surface area contributed by atoms with Crippen LogP contribution in [0.1, 0.15) is 23.6 Å². The van der Waals surface area contributed by atoms with Gasteiger partial charge in [-0.1, -0.05) is 23.8 Å². The molecule has 0 unspecified atom stereocenters. The van der Waals surface area contributed by atoms with Gasteiger partial charge < -0.3 is 10.5 Å². The van der Waals surface area contributed by atoms with E-state index in [1.165, 1.54) is 12.1 Å².